The fourth-order valence-corrected chi connectivity index (χ4v) is 3.02. The molecule has 0 radical (unpaired) electrons. The molecule has 0 heterocycles. The van der Waals surface area contributed by atoms with Gasteiger partial charge in [0, 0.05) is 12.1 Å². The van der Waals surface area contributed by atoms with Crippen molar-refractivity contribution in [2.24, 2.45) is 0 Å². The molecule has 2 aromatic rings. The predicted molar refractivity (Wildman–Crippen MR) is 90.8 cm³/mol. The zero-order chi connectivity index (χ0) is 17.7. The van der Waals surface area contributed by atoms with Gasteiger partial charge in [-0.05, 0) is 56.1 Å². The third-order valence-corrected chi connectivity index (χ3v) is 3.93. The first kappa shape index (κ1) is 17.9. The summed E-state index contributed by atoms with van der Waals surface area (Å²) in [6.45, 7) is -0.378. The minimum atomic E-state index is -0.667. The van der Waals surface area contributed by atoms with Crippen LogP contribution in [0.3, 0.4) is 0 Å². The van der Waals surface area contributed by atoms with Crippen molar-refractivity contribution in [2.75, 3.05) is 6.61 Å². The van der Waals surface area contributed by atoms with E-state index >= 15 is 0 Å². The minimum absolute atomic E-state index is 0.0737. The summed E-state index contributed by atoms with van der Waals surface area (Å²) in [5.41, 5.74) is 0.325. The lowest BCUT2D eigenvalue weighted by molar-refractivity contribution is -0.384. The molecule has 122 valence electrons. The van der Waals surface area contributed by atoms with Crippen LogP contribution in [0.15, 0.2) is 45.3 Å². The van der Waals surface area contributed by atoms with Crippen LogP contribution in [0.4, 0.5) is 5.69 Å². The molecule has 0 aliphatic heterocycles. The van der Waals surface area contributed by atoms with Gasteiger partial charge in [0.15, 0.2) is 12.4 Å². The average molecular weight is 456 g/mol. The molecule has 0 aliphatic carbocycles. The van der Waals surface area contributed by atoms with E-state index in [-0.39, 0.29) is 18.0 Å². The topological polar surface area (TPSA) is 102 Å². The Bertz CT molecular complexity index is 808. The van der Waals surface area contributed by atoms with Crippen LogP contribution in [-0.4, -0.2) is 17.5 Å². The van der Waals surface area contributed by atoms with Crippen LogP contribution < -0.4 is 9.47 Å². The zero-order valence-electron chi connectivity index (χ0n) is 11.9. The molecule has 0 bridgehead atoms. The number of benzene rings is 2. The molecule has 0 N–H and O–H groups in total. The van der Waals surface area contributed by atoms with E-state index < -0.39 is 10.9 Å². The van der Waals surface area contributed by atoms with Crippen molar-refractivity contribution in [3.8, 4) is 17.6 Å². The second-order valence-electron chi connectivity index (χ2n) is 4.39. The van der Waals surface area contributed by atoms with Gasteiger partial charge in [-0.1, -0.05) is 0 Å². The molecular weight excluding hydrogens is 448 g/mol. The van der Waals surface area contributed by atoms with Crippen LogP contribution in [0.25, 0.3) is 0 Å². The number of nitro groups is 1. The number of nitrogens with zero attached hydrogens (tertiary/aromatic N) is 2. The molecule has 7 nitrogen and oxygen atoms in total. The molecule has 24 heavy (non-hydrogen) atoms. The molecule has 0 amide bonds. The van der Waals surface area contributed by atoms with E-state index in [9.17, 15) is 14.9 Å². The third-order valence-electron chi connectivity index (χ3n) is 2.75. The highest BCUT2D eigenvalue weighted by molar-refractivity contribution is 9.11. The zero-order valence-corrected chi connectivity index (χ0v) is 15.0. The number of halogens is 2. The van der Waals surface area contributed by atoms with Crippen molar-refractivity contribution in [3.05, 3.63) is 61.0 Å². The molecular formula is C15H8Br2N2O5. The van der Waals surface area contributed by atoms with Crippen LogP contribution in [0.5, 0.6) is 11.5 Å². The van der Waals surface area contributed by atoms with Gasteiger partial charge in [-0.15, -0.1) is 0 Å². The minimum Gasteiger partial charge on any atom is -0.482 e. The van der Waals surface area contributed by atoms with Crippen molar-refractivity contribution >= 4 is 43.5 Å². The fraction of sp³-hybridized carbons (Fsp3) is 0.0667. The summed E-state index contributed by atoms with van der Waals surface area (Å²) in [5, 5.41) is 19.4. The summed E-state index contributed by atoms with van der Waals surface area (Å²) in [6, 6.07) is 10.3. The number of non-ortho nitro benzene ring substituents is 1. The van der Waals surface area contributed by atoms with Crippen LogP contribution in [0.1, 0.15) is 5.56 Å². The first-order valence-electron chi connectivity index (χ1n) is 6.38. The fourth-order valence-electron chi connectivity index (χ4n) is 1.67. The Morgan fingerprint density at radius 1 is 1.21 bits per heavy atom. The summed E-state index contributed by atoms with van der Waals surface area (Å²) < 4.78 is 11.3. The first-order chi connectivity index (χ1) is 11.4. The summed E-state index contributed by atoms with van der Waals surface area (Å²) in [4.78, 5) is 21.9. The monoisotopic (exact) mass is 454 g/mol. The number of carbonyl (C=O) groups is 1. The molecule has 0 fully saturated rings. The smallest absolute Gasteiger partial charge is 0.349 e. The quantitative estimate of drug-likeness (QED) is 0.292. The van der Waals surface area contributed by atoms with Gasteiger partial charge in [-0.25, -0.2) is 4.79 Å². The van der Waals surface area contributed by atoms with Crippen molar-refractivity contribution in [1.29, 1.82) is 5.26 Å². The molecule has 0 aliphatic rings. The second kappa shape index (κ2) is 7.90. The van der Waals surface area contributed by atoms with Crippen LogP contribution in [-0.2, 0) is 4.79 Å². The number of ether oxygens (including phenoxy) is 2. The average Bonchev–Trinajstić information content (AvgIpc) is 2.56. The van der Waals surface area contributed by atoms with Gasteiger partial charge in [-0.2, -0.15) is 5.26 Å². The highest BCUT2D eigenvalue weighted by Crippen LogP contribution is 2.34. The Labute approximate surface area is 153 Å². The van der Waals surface area contributed by atoms with Gasteiger partial charge in [0.2, 0.25) is 0 Å². The Hall–Kier alpha value is -2.44. The molecule has 0 unspecified atom stereocenters. The summed E-state index contributed by atoms with van der Waals surface area (Å²) in [6.07, 6.45) is 0. The van der Waals surface area contributed by atoms with E-state index in [4.69, 9.17) is 14.7 Å². The normalized spacial score (nSPS) is 9.88. The van der Waals surface area contributed by atoms with Gasteiger partial charge in [0.05, 0.1) is 25.5 Å². The third kappa shape index (κ3) is 4.53. The van der Waals surface area contributed by atoms with Crippen molar-refractivity contribution in [1.82, 2.24) is 0 Å². The van der Waals surface area contributed by atoms with E-state index in [1.54, 1.807) is 0 Å². The molecule has 0 atom stereocenters. The van der Waals surface area contributed by atoms with E-state index in [1.165, 1.54) is 36.4 Å². The standard InChI is InChI=1S/C15H8Br2N2O5/c16-12-5-9(7-18)6-13(17)15(12)24-14(20)8-23-11-3-1-10(2-4-11)19(21)22/h1-6H,8H2. The number of nitriles is 1. The number of nitro benzene ring substituents is 1. The molecule has 2 rings (SSSR count). The largest absolute Gasteiger partial charge is 0.482 e. The molecule has 9 heteroatoms. The number of carbonyl (C=O) groups excluding carboxylic acids is 1. The highest BCUT2D eigenvalue weighted by Gasteiger charge is 2.14. The Balaban J connectivity index is 1.99. The lowest BCUT2D eigenvalue weighted by Gasteiger charge is -2.10. The summed E-state index contributed by atoms with van der Waals surface area (Å²) in [5.74, 6) is -0.138. The van der Waals surface area contributed by atoms with Gasteiger partial charge in [0.25, 0.3) is 5.69 Å². The maximum Gasteiger partial charge on any atom is 0.349 e. The van der Waals surface area contributed by atoms with E-state index in [1.807, 2.05) is 6.07 Å². The van der Waals surface area contributed by atoms with Crippen LogP contribution in [0, 0.1) is 21.4 Å². The number of hydrogen-bond donors (Lipinski definition) is 0. The summed E-state index contributed by atoms with van der Waals surface area (Å²) in [7, 11) is 0. The Morgan fingerprint density at radius 2 is 1.79 bits per heavy atom. The lowest BCUT2D eigenvalue weighted by Crippen LogP contribution is -2.18. The Morgan fingerprint density at radius 3 is 2.29 bits per heavy atom. The number of hydrogen-bond acceptors (Lipinski definition) is 6. The number of esters is 1. The van der Waals surface area contributed by atoms with Crippen LogP contribution >= 0.6 is 31.9 Å². The maximum absolute atomic E-state index is 11.9. The van der Waals surface area contributed by atoms with Crippen LogP contribution in [0.2, 0.25) is 0 Å². The Kier molecular flexibility index (Phi) is 5.89. The van der Waals surface area contributed by atoms with Crippen molar-refractivity contribution < 1.29 is 19.2 Å². The molecule has 0 aromatic heterocycles. The van der Waals surface area contributed by atoms with E-state index in [0.29, 0.717) is 20.3 Å². The van der Waals surface area contributed by atoms with Crippen molar-refractivity contribution in [3.63, 3.8) is 0 Å². The van der Waals surface area contributed by atoms with E-state index in [0.717, 1.165) is 0 Å². The lowest BCUT2D eigenvalue weighted by atomic mass is 10.2. The summed E-state index contributed by atoms with van der Waals surface area (Å²) >= 11 is 6.44. The van der Waals surface area contributed by atoms with Gasteiger partial charge in [0.1, 0.15) is 5.75 Å². The molecule has 0 saturated heterocycles. The van der Waals surface area contributed by atoms with Gasteiger partial charge >= 0.3 is 5.97 Å². The predicted octanol–water partition coefficient (Wildman–Crippen LogP) is 3.98. The molecule has 0 spiro atoms. The highest BCUT2D eigenvalue weighted by atomic mass is 79.9. The first-order valence-corrected chi connectivity index (χ1v) is 7.96. The SMILES string of the molecule is N#Cc1cc(Br)c(OC(=O)COc2ccc([N+](=O)[O-])cc2)c(Br)c1. The molecule has 2 aromatic carbocycles. The van der Waals surface area contributed by atoms with Crippen molar-refractivity contribution in [2.45, 2.75) is 0 Å². The maximum atomic E-state index is 11.9. The molecule has 0 saturated carbocycles. The van der Waals surface area contributed by atoms with E-state index in [2.05, 4.69) is 31.9 Å². The van der Waals surface area contributed by atoms with Gasteiger partial charge in [-0.3, -0.25) is 10.1 Å². The second-order valence-corrected chi connectivity index (χ2v) is 6.10. The number of rotatable bonds is 5. The van der Waals surface area contributed by atoms with Gasteiger partial charge < -0.3 is 9.47 Å².